The highest BCUT2D eigenvalue weighted by atomic mass is 31.2. The normalized spacial score (nSPS) is 14.4. The standard InChI is InChI=1S/C53H103N2O6P/c1-6-8-10-12-14-16-18-20-22-23-24-25-26-27-28-29-30-31-32-33-34-36-38-40-42-44-46-52(56)51(50-61-62(58,59)60-49-48-55(3,4)5)54-53(57)47-45-43-41-39-37-35-21-19-17-15-13-11-9-7-2/h13,15,19,21,44,46,51-52,56H,6-12,14,16-18,20,22-43,45,47-50H2,1-5H3,(H-,54,57,58,59)/p+1/b15-13-,21-19-,46-44+. The van der Waals surface area contributed by atoms with E-state index in [9.17, 15) is 19.4 Å². The van der Waals surface area contributed by atoms with E-state index >= 15 is 0 Å². The van der Waals surface area contributed by atoms with Crippen LogP contribution in [0, 0.1) is 0 Å². The van der Waals surface area contributed by atoms with Gasteiger partial charge in [-0.15, -0.1) is 0 Å². The monoisotopic (exact) mass is 896 g/mol. The zero-order chi connectivity index (χ0) is 45.7. The van der Waals surface area contributed by atoms with Gasteiger partial charge in [0.15, 0.2) is 0 Å². The minimum atomic E-state index is -4.35. The van der Waals surface area contributed by atoms with Crippen molar-refractivity contribution in [1.29, 1.82) is 0 Å². The van der Waals surface area contributed by atoms with Crippen LogP contribution in [-0.4, -0.2) is 73.4 Å². The predicted molar refractivity (Wildman–Crippen MR) is 268 cm³/mol. The second-order valence-corrected chi connectivity index (χ2v) is 20.7. The van der Waals surface area contributed by atoms with E-state index in [1.807, 2.05) is 27.2 Å². The van der Waals surface area contributed by atoms with E-state index in [0.717, 1.165) is 64.2 Å². The summed E-state index contributed by atoms with van der Waals surface area (Å²) >= 11 is 0. The van der Waals surface area contributed by atoms with Gasteiger partial charge < -0.3 is 19.8 Å². The van der Waals surface area contributed by atoms with E-state index in [1.165, 1.54) is 161 Å². The van der Waals surface area contributed by atoms with Crippen LogP contribution in [0.5, 0.6) is 0 Å². The van der Waals surface area contributed by atoms with Gasteiger partial charge in [0, 0.05) is 6.42 Å². The number of unbranched alkanes of at least 4 members (excludes halogenated alkanes) is 31. The van der Waals surface area contributed by atoms with Gasteiger partial charge in [0.25, 0.3) is 0 Å². The Kier molecular flexibility index (Phi) is 44.0. The first-order chi connectivity index (χ1) is 30.0. The summed E-state index contributed by atoms with van der Waals surface area (Å²) in [6.45, 7) is 4.78. The second kappa shape index (κ2) is 44.9. The Balaban J connectivity index is 4.21. The molecule has 0 bridgehead atoms. The molecule has 9 heteroatoms. The maximum atomic E-state index is 12.9. The molecule has 0 saturated carbocycles. The Morgan fingerprint density at radius 2 is 0.935 bits per heavy atom. The number of phosphoric acid groups is 1. The maximum absolute atomic E-state index is 12.9. The van der Waals surface area contributed by atoms with Crippen molar-refractivity contribution < 1.29 is 32.9 Å². The molecule has 0 aromatic rings. The number of aliphatic hydroxyl groups excluding tert-OH is 1. The summed E-state index contributed by atoms with van der Waals surface area (Å²) in [5, 5.41) is 13.9. The van der Waals surface area contributed by atoms with Gasteiger partial charge in [-0.1, -0.05) is 230 Å². The molecule has 0 saturated heterocycles. The van der Waals surface area contributed by atoms with Gasteiger partial charge in [0.1, 0.15) is 13.2 Å². The molecule has 3 unspecified atom stereocenters. The summed E-state index contributed by atoms with van der Waals surface area (Å²) in [6, 6.07) is -0.853. The number of nitrogens with one attached hydrogen (secondary N) is 1. The average Bonchev–Trinajstić information content (AvgIpc) is 3.23. The van der Waals surface area contributed by atoms with Crippen molar-refractivity contribution in [3.8, 4) is 0 Å². The lowest BCUT2D eigenvalue weighted by atomic mass is 10.0. The molecule has 3 atom stereocenters. The lowest BCUT2D eigenvalue weighted by Crippen LogP contribution is -2.45. The molecule has 0 heterocycles. The van der Waals surface area contributed by atoms with Gasteiger partial charge in [-0.2, -0.15) is 0 Å². The molecule has 0 radical (unpaired) electrons. The summed E-state index contributed by atoms with van der Waals surface area (Å²) < 4.78 is 23.6. The first-order valence-corrected chi connectivity index (χ1v) is 27.9. The van der Waals surface area contributed by atoms with Gasteiger partial charge in [-0.05, 0) is 44.9 Å². The van der Waals surface area contributed by atoms with E-state index in [4.69, 9.17) is 9.05 Å². The van der Waals surface area contributed by atoms with E-state index in [1.54, 1.807) is 6.08 Å². The van der Waals surface area contributed by atoms with Crippen LogP contribution in [0.4, 0.5) is 0 Å². The summed E-state index contributed by atoms with van der Waals surface area (Å²) in [4.78, 5) is 23.2. The van der Waals surface area contributed by atoms with Crippen molar-refractivity contribution in [2.24, 2.45) is 0 Å². The molecular weight excluding hydrogens is 792 g/mol. The van der Waals surface area contributed by atoms with Crippen molar-refractivity contribution in [3.63, 3.8) is 0 Å². The molecule has 0 aliphatic carbocycles. The molecule has 1 amide bonds. The molecule has 3 N–H and O–H groups in total. The van der Waals surface area contributed by atoms with Crippen LogP contribution in [0.25, 0.3) is 0 Å². The number of rotatable bonds is 48. The minimum Gasteiger partial charge on any atom is -0.387 e. The lowest BCUT2D eigenvalue weighted by molar-refractivity contribution is -0.870. The Labute approximate surface area is 385 Å². The highest BCUT2D eigenvalue weighted by Gasteiger charge is 2.27. The van der Waals surface area contributed by atoms with Crippen molar-refractivity contribution in [2.45, 2.75) is 257 Å². The number of carbonyl (C=O) groups is 1. The van der Waals surface area contributed by atoms with Gasteiger partial charge in [0.05, 0.1) is 39.9 Å². The molecule has 62 heavy (non-hydrogen) atoms. The van der Waals surface area contributed by atoms with Crippen molar-refractivity contribution in [3.05, 3.63) is 36.5 Å². The zero-order valence-corrected chi connectivity index (χ0v) is 42.5. The van der Waals surface area contributed by atoms with Crippen LogP contribution in [0.2, 0.25) is 0 Å². The highest BCUT2D eigenvalue weighted by Crippen LogP contribution is 2.43. The van der Waals surface area contributed by atoms with Crippen LogP contribution < -0.4 is 5.32 Å². The molecule has 0 aliphatic rings. The van der Waals surface area contributed by atoms with Gasteiger partial charge in [-0.25, -0.2) is 4.57 Å². The van der Waals surface area contributed by atoms with E-state index in [2.05, 4.69) is 43.5 Å². The summed E-state index contributed by atoms with van der Waals surface area (Å²) in [5.74, 6) is -0.190. The Morgan fingerprint density at radius 3 is 1.37 bits per heavy atom. The van der Waals surface area contributed by atoms with E-state index in [0.29, 0.717) is 17.4 Å². The van der Waals surface area contributed by atoms with E-state index in [-0.39, 0.29) is 19.1 Å². The summed E-state index contributed by atoms with van der Waals surface area (Å²) in [5.41, 5.74) is 0. The molecule has 0 aliphatic heterocycles. The summed E-state index contributed by atoms with van der Waals surface area (Å²) in [6.07, 6.45) is 56.7. The molecule has 366 valence electrons. The fourth-order valence-electron chi connectivity index (χ4n) is 7.65. The molecule has 0 spiro atoms. The molecule has 0 aromatic carbocycles. The number of hydrogen-bond acceptors (Lipinski definition) is 5. The third-order valence-corrected chi connectivity index (χ3v) is 12.8. The molecular formula is C53H104N2O6P+. The number of quaternary nitrogens is 1. The molecule has 8 nitrogen and oxygen atoms in total. The number of carbonyl (C=O) groups excluding carboxylic acids is 1. The number of nitrogens with zero attached hydrogens (tertiary/aromatic N) is 1. The number of phosphoric ester groups is 1. The molecule has 0 aromatic heterocycles. The summed E-state index contributed by atoms with van der Waals surface area (Å²) in [7, 11) is 1.56. The zero-order valence-electron chi connectivity index (χ0n) is 41.6. The Morgan fingerprint density at radius 1 is 0.548 bits per heavy atom. The Bertz CT molecular complexity index is 1110. The highest BCUT2D eigenvalue weighted by molar-refractivity contribution is 7.47. The number of allylic oxidation sites excluding steroid dienone is 5. The number of likely N-dealkylation sites (N-methyl/N-ethyl adjacent to an activating group) is 1. The largest absolute Gasteiger partial charge is 0.472 e. The van der Waals surface area contributed by atoms with Crippen LogP contribution in [-0.2, 0) is 18.4 Å². The second-order valence-electron chi connectivity index (χ2n) is 19.3. The third kappa shape index (κ3) is 46.7. The van der Waals surface area contributed by atoms with Gasteiger partial charge in [0.2, 0.25) is 5.91 Å². The van der Waals surface area contributed by atoms with Crippen LogP contribution in [0.3, 0.4) is 0 Å². The topological polar surface area (TPSA) is 105 Å². The van der Waals surface area contributed by atoms with Crippen molar-refractivity contribution in [1.82, 2.24) is 5.32 Å². The fraction of sp³-hybridized carbons (Fsp3) is 0.868. The fourth-order valence-corrected chi connectivity index (χ4v) is 8.38. The van der Waals surface area contributed by atoms with Gasteiger partial charge in [-0.3, -0.25) is 13.8 Å². The first kappa shape index (κ1) is 60.7. The quantitative estimate of drug-likeness (QED) is 0.0243. The van der Waals surface area contributed by atoms with Crippen LogP contribution in [0.1, 0.15) is 245 Å². The molecule has 0 rings (SSSR count). The van der Waals surface area contributed by atoms with Crippen molar-refractivity contribution in [2.75, 3.05) is 40.9 Å². The third-order valence-electron chi connectivity index (χ3n) is 11.9. The number of aliphatic hydroxyl groups is 1. The van der Waals surface area contributed by atoms with Crippen LogP contribution >= 0.6 is 7.82 Å². The number of amides is 1. The Hall–Kier alpha value is -1.28. The van der Waals surface area contributed by atoms with Gasteiger partial charge >= 0.3 is 7.82 Å². The SMILES string of the molecule is CCCC/C=C\C/C=C\CCCCCCCC(=O)NC(COP(=O)(O)OCC[N+](C)(C)C)C(O)/C=C/CCCCCCCCCCCCCCCCCCCCCCCCCC. The number of hydrogen-bond donors (Lipinski definition) is 3. The first-order valence-electron chi connectivity index (χ1n) is 26.4. The smallest absolute Gasteiger partial charge is 0.387 e. The van der Waals surface area contributed by atoms with E-state index < -0.39 is 20.0 Å². The molecule has 0 fully saturated rings. The van der Waals surface area contributed by atoms with Crippen LogP contribution in [0.15, 0.2) is 36.5 Å². The average molecular weight is 896 g/mol. The lowest BCUT2D eigenvalue weighted by Gasteiger charge is -2.25. The van der Waals surface area contributed by atoms with Crippen molar-refractivity contribution >= 4 is 13.7 Å². The predicted octanol–water partition coefficient (Wildman–Crippen LogP) is 15.4. The minimum absolute atomic E-state index is 0.0586. The maximum Gasteiger partial charge on any atom is 0.472 e.